The highest BCUT2D eigenvalue weighted by Crippen LogP contribution is 2.34. The number of rotatable bonds is 4. The first-order valence-electron chi connectivity index (χ1n) is 6.63. The summed E-state index contributed by atoms with van der Waals surface area (Å²) in [5.74, 6) is 5.06. The summed E-state index contributed by atoms with van der Waals surface area (Å²) in [5.41, 5.74) is 0.790. The van der Waals surface area contributed by atoms with Crippen molar-refractivity contribution in [3.05, 3.63) is 35.9 Å². The first-order chi connectivity index (χ1) is 9.69. The Morgan fingerprint density at radius 3 is 2.65 bits per heavy atom. The van der Waals surface area contributed by atoms with Crippen molar-refractivity contribution in [1.82, 2.24) is 5.32 Å². The van der Waals surface area contributed by atoms with Gasteiger partial charge in [-0.15, -0.1) is 0 Å². The van der Waals surface area contributed by atoms with E-state index in [1.165, 1.54) is 7.11 Å². The van der Waals surface area contributed by atoms with Crippen molar-refractivity contribution in [3.63, 3.8) is 0 Å². The lowest BCUT2D eigenvalue weighted by Gasteiger charge is -2.14. The zero-order valence-corrected chi connectivity index (χ0v) is 11.4. The molecule has 4 nitrogen and oxygen atoms in total. The third-order valence-electron chi connectivity index (χ3n) is 3.22. The van der Waals surface area contributed by atoms with Crippen molar-refractivity contribution in [2.24, 2.45) is 5.92 Å². The standard InChI is InChI=1S/C16H17NO3/c1-20-16(19)11-14(13-8-9-13)17-15(18)10-7-12-5-3-2-4-6-12/h2-6,13-14H,8-9,11H2,1H3,(H,17,18)/t14-/m1/s1. The summed E-state index contributed by atoms with van der Waals surface area (Å²) in [6.07, 6.45) is 2.28. The fourth-order valence-corrected chi connectivity index (χ4v) is 1.95. The summed E-state index contributed by atoms with van der Waals surface area (Å²) >= 11 is 0. The van der Waals surface area contributed by atoms with Crippen LogP contribution in [0.1, 0.15) is 24.8 Å². The smallest absolute Gasteiger partial charge is 0.307 e. The fraction of sp³-hybridized carbons (Fsp3) is 0.375. The Kier molecular flexibility index (Phi) is 4.78. The van der Waals surface area contributed by atoms with Gasteiger partial charge in [-0.3, -0.25) is 9.59 Å². The Morgan fingerprint density at radius 1 is 1.35 bits per heavy atom. The topological polar surface area (TPSA) is 55.4 Å². The molecule has 0 radical (unpaired) electrons. The number of methoxy groups -OCH3 is 1. The average Bonchev–Trinajstić information content (AvgIpc) is 3.30. The summed E-state index contributed by atoms with van der Waals surface area (Å²) in [4.78, 5) is 23.1. The highest BCUT2D eigenvalue weighted by atomic mass is 16.5. The van der Waals surface area contributed by atoms with Gasteiger partial charge in [-0.1, -0.05) is 24.1 Å². The number of amides is 1. The van der Waals surface area contributed by atoms with E-state index < -0.39 is 0 Å². The molecule has 1 aromatic carbocycles. The van der Waals surface area contributed by atoms with Gasteiger partial charge in [0, 0.05) is 17.5 Å². The van der Waals surface area contributed by atoms with Gasteiger partial charge in [-0.25, -0.2) is 0 Å². The second-order valence-corrected chi connectivity index (χ2v) is 4.81. The van der Waals surface area contributed by atoms with Crippen LogP contribution in [0.5, 0.6) is 0 Å². The van der Waals surface area contributed by atoms with Gasteiger partial charge in [0.2, 0.25) is 0 Å². The van der Waals surface area contributed by atoms with Gasteiger partial charge < -0.3 is 10.1 Å². The number of hydrogen-bond acceptors (Lipinski definition) is 3. The molecule has 0 aromatic heterocycles. The molecule has 104 valence electrons. The lowest BCUT2D eigenvalue weighted by molar-refractivity contribution is -0.141. The van der Waals surface area contributed by atoms with Gasteiger partial charge >= 0.3 is 5.97 Å². The molecule has 1 amide bonds. The lowest BCUT2D eigenvalue weighted by Crippen LogP contribution is -2.37. The summed E-state index contributed by atoms with van der Waals surface area (Å²) < 4.78 is 4.64. The quantitative estimate of drug-likeness (QED) is 0.667. The van der Waals surface area contributed by atoms with Crippen molar-refractivity contribution < 1.29 is 14.3 Å². The van der Waals surface area contributed by atoms with Gasteiger partial charge in [0.25, 0.3) is 5.91 Å². The number of esters is 1. The monoisotopic (exact) mass is 271 g/mol. The largest absolute Gasteiger partial charge is 0.469 e. The molecule has 1 fully saturated rings. The molecule has 20 heavy (non-hydrogen) atoms. The fourth-order valence-electron chi connectivity index (χ4n) is 1.95. The molecular formula is C16H17NO3. The Labute approximate surface area is 118 Å². The van der Waals surface area contributed by atoms with Crippen LogP contribution in [0.15, 0.2) is 30.3 Å². The normalized spacial score (nSPS) is 14.7. The Bertz CT molecular complexity index is 538. The van der Waals surface area contributed by atoms with E-state index in [1.807, 2.05) is 30.3 Å². The number of hydrogen-bond donors (Lipinski definition) is 1. The molecule has 1 aliphatic rings. The Morgan fingerprint density at radius 2 is 2.05 bits per heavy atom. The number of nitrogens with one attached hydrogen (secondary N) is 1. The Hall–Kier alpha value is -2.28. The van der Waals surface area contributed by atoms with Crippen LogP contribution in [0, 0.1) is 17.8 Å². The lowest BCUT2D eigenvalue weighted by atomic mass is 10.1. The number of carbonyl (C=O) groups excluding carboxylic acids is 2. The van der Waals surface area contributed by atoms with Crippen LogP contribution in [0.2, 0.25) is 0 Å². The molecule has 0 bridgehead atoms. The highest BCUT2D eigenvalue weighted by molar-refractivity contribution is 5.94. The predicted molar refractivity (Wildman–Crippen MR) is 74.6 cm³/mol. The van der Waals surface area contributed by atoms with E-state index in [4.69, 9.17) is 0 Å². The SMILES string of the molecule is COC(=O)C[C@@H](NC(=O)C#Cc1ccccc1)C1CC1. The van der Waals surface area contributed by atoms with Gasteiger partial charge in [0.05, 0.1) is 13.5 Å². The van der Waals surface area contributed by atoms with Gasteiger partial charge in [-0.2, -0.15) is 0 Å². The molecule has 1 saturated carbocycles. The minimum atomic E-state index is -0.352. The molecular weight excluding hydrogens is 254 g/mol. The second-order valence-electron chi connectivity index (χ2n) is 4.81. The Balaban J connectivity index is 1.92. The van der Waals surface area contributed by atoms with Crippen molar-refractivity contribution in [1.29, 1.82) is 0 Å². The molecule has 4 heteroatoms. The number of ether oxygens (including phenoxy) is 1. The molecule has 0 unspecified atom stereocenters. The molecule has 1 aliphatic carbocycles. The summed E-state index contributed by atoms with van der Waals surface area (Å²) in [6, 6.07) is 9.14. The minimum Gasteiger partial charge on any atom is -0.469 e. The third kappa shape index (κ3) is 4.43. The van der Waals surface area contributed by atoms with Crippen molar-refractivity contribution in [3.8, 4) is 11.8 Å². The first kappa shape index (κ1) is 14.1. The molecule has 0 spiro atoms. The molecule has 0 heterocycles. The van der Waals surface area contributed by atoms with E-state index in [0.29, 0.717) is 5.92 Å². The van der Waals surface area contributed by atoms with E-state index in [-0.39, 0.29) is 24.3 Å². The van der Waals surface area contributed by atoms with Crippen LogP contribution < -0.4 is 5.32 Å². The second kappa shape index (κ2) is 6.76. The highest BCUT2D eigenvalue weighted by Gasteiger charge is 2.33. The van der Waals surface area contributed by atoms with Crippen LogP contribution >= 0.6 is 0 Å². The van der Waals surface area contributed by atoms with Crippen molar-refractivity contribution >= 4 is 11.9 Å². The van der Waals surface area contributed by atoms with Crippen LogP contribution in [0.4, 0.5) is 0 Å². The van der Waals surface area contributed by atoms with Crippen LogP contribution in [-0.2, 0) is 14.3 Å². The van der Waals surface area contributed by atoms with Crippen molar-refractivity contribution in [2.75, 3.05) is 7.11 Å². The van der Waals surface area contributed by atoms with E-state index in [0.717, 1.165) is 18.4 Å². The van der Waals surface area contributed by atoms with Gasteiger partial charge in [-0.05, 0) is 30.9 Å². The van der Waals surface area contributed by atoms with E-state index in [9.17, 15) is 9.59 Å². The first-order valence-corrected chi connectivity index (χ1v) is 6.63. The third-order valence-corrected chi connectivity index (χ3v) is 3.22. The molecule has 0 aliphatic heterocycles. The zero-order chi connectivity index (χ0) is 14.4. The van der Waals surface area contributed by atoms with Crippen LogP contribution in [0.3, 0.4) is 0 Å². The molecule has 1 atom stereocenters. The molecule has 1 N–H and O–H groups in total. The molecule has 2 rings (SSSR count). The van der Waals surface area contributed by atoms with Crippen LogP contribution in [-0.4, -0.2) is 25.0 Å². The summed E-state index contributed by atoms with van der Waals surface area (Å²) in [5, 5.41) is 2.80. The predicted octanol–water partition coefficient (Wildman–Crippen LogP) is 1.50. The minimum absolute atomic E-state index is 0.167. The van der Waals surface area contributed by atoms with Crippen molar-refractivity contribution in [2.45, 2.75) is 25.3 Å². The summed E-state index contributed by atoms with van der Waals surface area (Å²) in [6.45, 7) is 0. The van der Waals surface area contributed by atoms with E-state index >= 15 is 0 Å². The summed E-state index contributed by atoms with van der Waals surface area (Å²) in [7, 11) is 1.35. The van der Waals surface area contributed by atoms with Crippen LogP contribution in [0.25, 0.3) is 0 Å². The average molecular weight is 271 g/mol. The maximum Gasteiger partial charge on any atom is 0.307 e. The maximum absolute atomic E-state index is 11.8. The number of benzene rings is 1. The zero-order valence-electron chi connectivity index (χ0n) is 11.4. The van der Waals surface area contributed by atoms with E-state index in [1.54, 1.807) is 0 Å². The molecule has 1 aromatic rings. The van der Waals surface area contributed by atoms with Gasteiger partial charge in [0.1, 0.15) is 0 Å². The van der Waals surface area contributed by atoms with Gasteiger partial charge in [0.15, 0.2) is 0 Å². The maximum atomic E-state index is 11.8. The molecule has 0 saturated heterocycles. The number of carbonyl (C=O) groups is 2. The van der Waals surface area contributed by atoms with E-state index in [2.05, 4.69) is 21.9 Å².